The van der Waals surface area contributed by atoms with E-state index in [4.69, 9.17) is 14.2 Å². The van der Waals surface area contributed by atoms with E-state index in [2.05, 4.69) is 15.9 Å². The van der Waals surface area contributed by atoms with Gasteiger partial charge in [-0.2, -0.15) is 0 Å². The highest BCUT2D eigenvalue weighted by Crippen LogP contribution is 2.41. The van der Waals surface area contributed by atoms with Gasteiger partial charge in [0.1, 0.15) is 24.0 Å². The summed E-state index contributed by atoms with van der Waals surface area (Å²) < 4.78 is 16.8. The van der Waals surface area contributed by atoms with Crippen molar-refractivity contribution in [2.24, 2.45) is 0 Å². The predicted octanol–water partition coefficient (Wildman–Crippen LogP) is 5.65. The Labute approximate surface area is 236 Å². The fourth-order valence-corrected chi connectivity index (χ4v) is 5.91. The summed E-state index contributed by atoms with van der Waals surface area (Å²) in [5, 5.41) is 0. The van der Waals surface area contributed by atoms with Crippen molar-refractivity contribution in [2.75, 3.05) is 6.61 Å². The van der Waals surface area contributed by atoms with E-state index >= 15 is 0 Å². The number of alkyl halides is 1. The highest BCUT2D eigenvalue weighted by atomic mass is 79.9. The van der Waals surface area contributed by atoms with Gasteiger partial charge in [0.2, 0.25) is 0 Å². The van der Waals surface area contributed by atoms with Gasteiger partial charge in [-0.3, -0.25) is 14.5 Å². The number of benzene rings is 2. The number of aryl methyl sites for hydroxylation is 1. The third-order valence-corrected chi connectivity index (χ3v) is 8.29. The van der Waals surface area contributed by atoms with Crippen molar-refractivity contribution in [1.29, 1.82) is 0 Å². The molecule has 3 unspecified atom stereocenters. The van der Waals surface area contributed by atoms with Gasteiger partial charge in [-0.25, -0.2) is 9.59 Å². The molecule has 0 saturated carbocycles. The lowest BCUT2D eigenvalue weighted by Crippen LogP contribution is -2.47. The summed E-state index contributed by atoms with van der Waals surface area (Å²) >= 11 is 3.45. The molecule has 2 heterocycles. The van der Waals surface area contributed by atoms with Crippen molar-refractivity contribution < 1.29 is 33.4 Å². The molecule has 0 bridgehead atoms. The largest absolute Gasteiger partial charge is 0.488 e. The predicted molar refractivity (Wildman–Crippen MR) is 147 cm³/mol. The quantitative estimate of drug-likeness (QED) is 0.255. The minimum Gasteiger partial charge on any atom is -0.488 e. The zero-order valence-electron chi connectivity index (χ0n) is 22.5. The molecule has 0 radical (unpaired) electrons. The summed E-state index contributed by atoms with van der Waals surface area (Å²) in [7, 11) is 0. The molecule has 8 nitrogen and oxygen atoms in total. The van der Waals surface area contributed by atoms with Crippen molar-refractivity contribution in [2.45, 2.75) is 82.5 Å². The van der Waals surface area contributed by atoms with Gasteiger partial charge in [0.25, 0.3) is 0 Å². The van der Waals surface area contributed by atoms with Crippen LogP contribution in [0.4, 0.5) is 4.79 Å². The third-order valence-electron chi connectivity index (χ3n) is 7.41. The third kappa shape index (κ3) is 5.46. The van der Waals surface area contributed by atoms with Crippen molar-refractivity contribution in [3.05, 3.63) is 52.6 Å². The minimum absolute atomic E-state index is 0.0743. The normalized spacial score (nSPS) is 21.8. The smallest absolute Gasteiger partial charge is 0.411 e. The number of fused-ring (bicyclic) bond motifs is 4. The van der Waals surface area contributed by atoms with Gasteiger partial charge in [0.15, 0.2) is 18.2 Å². The topological polar surface area (TPSA) is 99.2 Å². The lowest BCUT2D eigenvalue weighted by atomic mass is 9.85. The van der Waals surface area contributed by atoms with E-state index in [1.165, 1.54) is 4.90 Å². The van der Waals surface area contributed by atoms with E-state index in [1.54, 1.807) is 32.9 Å². The molecule has 1 fully saturated rings. The summed E-state index contributed by atoms with van der Waals surface area (Å²) in [4.78, 5) is 52.3. The maximum Gasteiger partial charge on any atom is 0.411 e. The fourth-order valence-electron chi connectivity index (χ4n) is 5.43. The number of carbonyl (C=O) groups excluding carboxylic acids is 4. The first-order valence-electron chi connectivity index (χ1n) is 13.3. The number of esters is 1. The number of carbonyl (C=O) groups is 4. The molecule has 0 spiro atoms. The number of ketones is 2. The van der Waals surface area contributed by atoms with Gasteiger partial charge in [0, 0.05) is 22.7 Å². The second-order valence-electron chi connectivity index (χ2n) is 11.4. The van der Waals surface area contributed by atoms with Gasteiger partial charge < -0.3 is 14.2 Å². The van der Waals surface area contributed by atoms with Gasteiger partial charge in [-0.05, 0) is 88.3 Å². The maximum absolute atomic E-state index is 13.0. The second-order valence-corrected chi connectivity index (χ2v) is 12.5. The zero-order chi connectivity index (χ0) is 28.1. The number of hydrogen-bond acceptors (Lipinski definition) is 7. The van der Waals surface area contributed by atoms with E-state index in [0.717, 1.165) is 35.1 Å². The van der Waals surface area contributed by atoms with Crippen LogP contribution in [-0.2, 0) is 27.3 Å². The van der Waals surface area contributed by atoms with Crippen LogP contribution in [0.15, 0.2) is 30.3 Å². The molecule has 0 aromatic heterocycles. The Balaban J connectivity index is 1.27. The number of hydrogen-bond donors (Lipinski definition) is 0. The van der Waals surface area contributed by atoms with Crippen molar-refractivity contribution in [3.8, 4) is 16.9 Å². The Morgan fingerprint density at radius 1 is 1.03 bits per heavy atom. The Morgan fingerprint density at radius 3 is 2.54 bits per heavy atom. The molecule has 2 aliphatic heterocycles. The standard InChI is InChI=1S/C30H32BrNO7/c1-16-5-10-24(32(16)29(36)39-30(2,3)4)28(35)38-15-25(33)18-6-8-20-19(11-18)14-37-26-13-21-17(12-22(20)26)7-9-23(31)27(21)34/h6,8,11-13,16,23-24H,5,7,9-10,14-15H2,1-4H3. The summed E-state index contributed by atoms with van der Waals surface area (Å²) in [5.41, 5.74) is 4.12. The van der Waals surface area contributed by atoms with E-state index < -0.39 is 30.3 Å². The van der Waals surface area contributed by atoms with Gasteiger partial charge in [-0.15, -0.1) is 0 Å². The molecule has 39 heavy (non-hydrogen) atoms. The van der Waals surface area contributed by atoms with Gasteiger partial charge >= 0.3 is 12.1 Å². The maximum atomic E-state index is 13.0. The van der Waals surface area contributed by atoms with Crippen LogP contribution in [0, 0.1) is 0 Å². The number of Topliss-reactive ketones (excluding diaryl/α,β-unsaturated/α-hetero) is 2. The van der Waals surface area contributed by atoms with Crippen LogP contribution in [0.2, 0.25) is 0 Å². The molecule has 2 aromatic rings. The summed E-state index contributed by atoms with van der Waals surface area (Å²) in [5.74, 6) is -0.222. The minimum atomic E-state index is -0.784. The number of nitrogens with zero attached hydrogens (tertiary/aromatic N) is 1. The Morgan fingerprint density at radius 2 is 1.79 bits per heavy atom. The first kappa shape index (κ1) is 27.4. The Kier molecular flexibility index (Phi) is 7.31. The molecular weight excluding hydrogens is 566 g/mol. The molecule has 1 aliphatic carbocycles. The molecule has 3 aliphatic rings. The van der Waals surface area contributed by atoms with E-state index in [-0.39, 0.29) is 29.0 Å². The highest BCUT2D eigenvalue weighted by Gasteiger charge is 2.42. The molecule has 9 heteroatoms. The van der Waals surface area contributed by atoms with E-state index in [9.17, 15) is 19.2 Å². The summed E-state index contributed by atoms with van der Waals surface area (Å²) in [6.45, 7) is 7.01. The van der Waals surface area contributed by atoms with Gasteiger partial charge in [0.05, 0.1) is 4.83 Å². The Bertz CT molecular complexity index is 1360. The molecule has 1 amide bonds. The second kappa shape index (κ2) is 10.4. The van der Waals surface area contributed by atoms with Crippen molar-refractivity contribution in [3.63, 3.8) is 0 Å². The lowest BCUT2D eigenvalue weighted by molar-refractivity contribution is -0.148. The first-order chi connectivity index (χ1) is 18.4. The van der Waals surface area contributed by atoms with Crippen molar-refractivity contribution >= 4 is 39.6 Å². The Hall–Kier alpha value is -3.20. The van der Waals surface area contributed by atoms with Crippen LogP contribution in [0.1, 0.15) is 78.8 Å². The molecule has 1 saturated heterocycles. The molecule has 5 rings (SSSR count). The van der Waals surface area contributed by atoms with Crippen LogP contribution in [0.25, 0.3) is 11.1 Å². The highest BCUT2D eigenvalue weighted by molar-refractivity contribution is 9.10. The molecule has 0 N–H and O–H groups in total. The number of ether oxygens (including phenoxy) is 3. The number of halogens is 1. The van der Waals surface area contributed by atoms with Crippen LogP contribution in [0.3, 0.4) is 0 Å². The zero-order valence-corrected chi connectivity index (χ0v) is 24.1. The molecular formula is C30H32BrNO7. The molecule has 206 valence electrons. The van der Waals surface area contributed by atoms with Gasteiger partial charge in [-0.1, -0.05) is 28.1 Å². The van der Waals surface area contributed by atoms with Crippen LogP contribution < -0.4 is 4.74 Å². The van der Waals surface area contributed by atoms with Crippen molar-refractivity contribution in [1.82, 2.24) is 4.90 Å². The first-order valence-corrected chi connectivity index (χ1v) is 14.2. The monoisotopic (exact) mass is 597 g/mol. The number of rotatable bonds is 4. The summed E-state index contributed by atoms with van der Waals surface area (Å²) in [6, 6.07) is 8.24. The van der Waals surface area contributed by atoms with E-state index in [1.807, 2.05) is 25.1 Å². The fraction of sp³-hybridized carbons (Fsp3) is 0.467. The number of likely N-dealkylation sites (tertiary alicyclic amines) is 1. The van der Waals surface area contributed by atoms with Crippen LogP contribution >= 0.6 is 15.9 Å². The van der Waals surface area contributed by atoms with E-state index in [0.29, 0.717) is 29.7 Å². The SMILES string of the molecule is CC1CCC(C(=O)OCC(=O)c2ccc3c(c2)COc2cc4c(cc2-3)CCC(Br)C4=O)N1C(=O)OC(C)(C)C. The van der Waals surface area contributed by atoms with Crippen LogP contribution in [-0.4, -0.2) is 57.6 Å². The number of amides is 1. The average molecular weight is 598 g/mol. The average Bonchev–Trinajstić information content (AvgIpc) is 3.28. The van der Waals surface area contributed by atoms with Crippen LogP contribution in [0.5, 0.6) is 5.75 Å². The molecule has 3 atom stereocenters. The summed E-state index contributed by atoms with van der Waals surface area (Å²) in [6.07, 6.45) is 2.09. The lowest BCUT2D eigenvalue weighted by Gasteiger charge is -2.30. The molecule has 2 aromatic carbocycles.